The molecule has 0 aromatic heterocycles. The molecule has 9 rings (SSSR count). The molecule has 0 fully saturated rings. The van der Waals surface area contributed by atoms with Crippen LogP contribution in [0, 0.1) is 0 Å². The molecule has 9 heteroatoms. The Bertz CT molecular complexity index is 2470. The van der Waals surface area contributed by atoms with E-state index in [1.807, 2.05) is 61.5 Å². The van der Waals surface area contributed by atoms with Crippen molar-refractivity contribution in [3.05, 3.63) is 285 Å². The van der Waals surface area contributed by atoms with Crippen LogP contribution in [0.3, 0.4) is 0 Å². The lowest BCUT2D eigenvalue weighted by atomic mass is 10.3. The van der Waals surface area contributed by atoms with Gasteiger partial charge in [-0.3, -0.25) is 0 Å². The van der Waals surface area contributed by atoms with Crippen LogP contribution in [0.2, 0.25) is 0 Å². The molecule has 0 N–H and O–H groups in total. The molecule has 0 heterocycles. The summed E-state index contributed by atoms with van der Waals surface area (Å²) in [6.07, 6.45) is 0.291. The van der Waals surface area contributed by atoms with Gasteiger partial charge in [0.15, 0.2) is 5.73 Å². The fourth-order valence-electron chi connectivity index (χ4n) is 9.62. The van der Waals surface area contributed by atoms with Gasteiger partial charge in [-0.05, 0) is 60.0 Å². The summed E-state index contributed by atoms with van der Waals surface area (Å²) in [6, 6.07) is 94.6. The lowest BCUT2D eigenvalue weighted by Gasteiger charge is -2.51. The zero-order chi connectivity index (χ0) is 48.3. The van der Waals surface area contributed by atoms with Crippen LogP contribution >= 0.6 is 0 Å². The van der Waals surface area contributed by atoms with Crippen molar-refractivity contribution in [2.24, 2.45) is 0 Å². The normalized spacial score (nSPS) is 12.4. The van der Waals surface area contributed by atoms with Crippen molar-refractivity contribution in [2.45, 2.75) is 26.0 Å². The monoisotopic (exact) mass is 980 g/mol. The minimum Gasteiger partial charge on any atom is -0.455 e. The number of carbonyl (C=O) groups excluding carboxylic acids is 1. The van der Waals surface area contributed by atoms with Gasteiger partial charge in [-0.1, -0.05) is 286 Å². The van der Waals surface area contributed by atoms with Crippen LogP contribution in [-0.2, 0) is 21.9 Å². The molecule has 0 bridgehead atoms. The Morgan fingerprint density at radius 3 is 0.671 bits per heavy atom. The highest BCUT2D eigenvalue weighted by molar-refractivity contribution is 7.16. The van der Waals surface area contributed by atoms with Gasteiger partial charge in [0, 0.05) is 5.57 Å². The zero-order valence-corrected chi connectivity index (χ0v) is 43.5. The summed E-state index contributed by atoms with van der Waals surface area (Å²) < 4.78 is 33.6. The first-order valence-corrected chi connectivity index (χ1v) is 31.3. The van der Waals surface area contributed by atoms with Crippen LogP contribution < -0.4 is 46.7 Å². The molecule has 1 unspecified atom stereocenters. The number of esters is 1. The van der Waals surface area contributed by atoms with Gasteiger partial charge in [-0.25, -0.2) is 4.79 Å². The highest BCUT2D eigenvalue weighted by atomic mass is 28.5. The van der Waals surface area contributed by atoms with Gasteiger partial charge in [0.2, 0.25) is 0 Å². The largest absolute Gasteiger partial charge is 0.514 e. The van der Waals surface area contributed by atoms with Crippen LogP contribution in [0.4, 0.5) is 0 Å². The predicted molar refractivity (Wildman–Crippen MR) is 296 cm³/mol. The molecule has 9 aromatic rings. The summed E-state index contributed by atoms with van der Waals surface area (Å²) in [5.74, 6) is -0.552. The van der Waals surface area contributed by atoms with Crippen molar-refractivity contribution in [2.75, 3.05) is 0 Å². The summed E-state index contributed by atoms with van der Waals surface area (Å²) in [5.41, 5.74) is -0.805. The van der Waals surface area contributed by atoms with E-state index in [-0.39, 0.29) is 5.57 Å². The lowest BCUT2D eigenvalue weighted by Crippen LogP contribution is -2.85. The maximum Gasteiger partial charge on any atom is 0.514 e. The molecule has 0 saturated heterocycles. The summed E-state index contributed by atoms with van der Waals surface area (Å²) >= 11 is 0. The van der Waals surface area contributed by atoms with Crippen LogP contribution in [0.25, 0.3) is 0 Å². The highest BCUT2D eigenvalue weighted by Gasteiger charge is 2.67. The fraction of sp³-hybridized carbons (Fsp3) is 0.0656. The van der Waals surface area contributed by atoms with Gasteiger partial charge in [-0.2, -0.15) is 0 Å². The van der Waals surface area contributed by atoms with Crippen molar-refractivity contribution < 1.29 is 21.9 Å². The maximum absolute atomic E-state index is 14.7. The summed E-state index contributed by atoms with van der Waals surface area (Å²) in [5, 5.41) is 8.84. The van der Waals surface area contributed by atoms with E-state index in [2.05, 4.69) is 225 Å². The second-order valence-electron chi connectivity index (χ2n) is 17.3. The van der Waals surface area contributed by atoms with E-state index in [0.29, 0.717) is 6.42 Å². The zero-order valence-electron chi connectivity index (χ0n) is 39.5. The standard InChI is InChI=1S/C61H56O5Si4/c1-4-60(63-61(62)50(2)3)70(64-67(51-32-14-5-15-33-51,52-34-16-6-17-35-52)53-36-18-7-19-37-53,65-68(54-38-20-8-21-39-54,55-40-22-9-23-41-55)56-42-24-10-25-43-56)66-69(57-44-26-11-27-45-57,58-46-28-12-29-47-58)59-48-30-13-31-49-59/h5-49,60H,2,4H2,1,3H3. The molecule has 70 heavy (non-hydrogen) atoms. The topological polar surface area (TPSA) is 54.0 Å². The van der Waals surface area contributed by atoms with Gasteiger partial charge >= 0.3 is 14.8 Å². The van der Waals surface area contributed by atoms with E-state index >= 15 is 0 Å². The first kappa shape index (κ1) is 48.0. The molecule has 9 aromatic carbocycles. The van der Waals surface area contributed by atoms with E-state index < -0.39 is 45.5 Å². The van der Waals surface area contributed by atoms with Crippen LogP contribution in [0.15, 0.2) is 285 Å². The smallest absolute Gasteiger partial charge is 0.455 e. The molecular formula is C61H56O5Si4. The Morgan fingerprint density at radius 1 is 0.357 bits per heavy atom. The quantitative estimate of drug-likeness (QED) is 0.0366. The summed E-state index contributed by atoms with van der Waals surface area (Å²) in [7, 11) is -16.5. The molecule has 0 saturated carbocycles. The number of hydrogen-bond donors (Lipinski definition) is 0. The average Bonchev–Trinajstić information content (AvgIpc) is 3.44. The Hall–Kier alpha value is -7.06. The highest BCUT2D eigenvalue weighted by Crippen LogP contribution is 2.33. The van der Waals surface area contributed by atoms with Crippen molar-refractivity contribution in [3.63, 3.8) is 0 Å². The molecule has 0 spiro atoms. The minimum absolute atomic E-state index is 0.259. The number of carbonyl (C=O) groups is 1. The molecule has 0 radical (unpaired) electrons. The molecule has 0 aliphatic rings. The third kappa shape index (κ3) is 9.36. The molecule has 346 valence electrons. The van der Waals surface area contributed by atoms with E-state index in [1.165, 1.54) is 0 Å². The second kappa shape index (κ2) is 21.7. The van der Waals surface area contributed by atoms with Crippen LogP contribution in [-0.4, -0.2) is 45.5 Å². The number of hydrogen-bond acceptors (Lipinski definition) is 5. The van der Waals surface area contributed by atoms with E-state index in [4.69, 9.17) is 17.1 Å². The van der Waals surface area contributed by atoms with E-state index in [1.54, 1.807) is 6.92 Å². The Morgan fingerprint density at radius 2 is 0.529 bits per heavy atom. The van der Waals surface area contributed by atoms with Gasteiger partial charge in [-0.15, -0.1) is 0 Å². The van der Waals surface area contributed by atoms with Gasteiger partial charge < -0.3 is 17.1 Å². The van der Waals surface area contributed by atoms with Gasteiger partial charge in [0.25, 0.3) is 25.0 Å². The van der Waals surface area contributed by atoms with Gasteiger partial charge in [0.05, 0.1) is 0 Å². The second-order valence-corrected chi connectivity index (χ2v) is 30.9. The molecular weight excluding hydrogens is 925 g/mol. The van der Waals surface area contributed by atoms with Crippen LogP contribution in [0.5, 0.6) is 0 Å². The summed E-state index contributed by atoms with van der Waals surface area (Å²) in [4.78, 5) is 14.7. The molecule has 0 amide bonds. The van der Waals surface area contributed by atoms with Crippen molar-refractivity contribution in [3.8, 4) is 0 Å². The molecule has 0 aliphatic heterocycles. The minimum atomic E-state index is -4.88. The summed E-state index contributed by atoms with van der Waals surface area (Å²) in [6.45, 7) is 7.85. The third-order valence-corrected chi connectivity index (χ3v) is 31.6. The average molecular weight is 981 g/mol. The Labute approximate surface area is 417 Å². The Kier molecular flexibility index (Phi) is 14.9. The number of rotatable bonds is 19. The predicted octanol–water partition coefficient (Wildman–Crippen LogP) is 7.41. The SMILES string of the molecule is C=C(C)C(=O)OC(CC)[Si](O[Si](c1ccccc1)(c1ccccc1)c1ccccc1)(O[Si](c1ccccc1)(c1ccccc1)c1ccccc1)O[Si](c1ccccc1)(c1ccccc1)c1ccccc1. The third-order valence-electron chi connectivity index (χ3n) is 12.9. The fourth-order valence-corrected chi connectivity index (χ4v) is 31.9. The number of benzene rings is 9. The van der Waals surface area contributed by atoms with Crippen LogP contribution in [0.1, 0.15) is 20.3 Å². The first-order chi connectivity index (χ1) is 34.4. The van der Waals surface area contributed by atoms with E-state index in [9.17, 15) is 4.79 Å². The molecule has 1 atom stereocenters. The maximum atomic E-state index is 14.7. The van der Waals surface area contributed by atoms with Gasteiger partial charge in [0.1, 0.15) is 0 Å². The van der Waals surface area contributed by atoms with Crippen molar-refractivity contribution in [1.82, 2.24) is 0 Å². The van der Waals surface area contributed by atoms with E-state index in [0.717, 1.165) is 46.7 Å². The first-order valence-electron chi connectivity index (χ1n) is 23.8. The number of ether oxygens (including phenoxy) is 1. The molecule has 5 nitrogen and oxygen atoms in total. The van der Waals surface area contributed by atoms with Crippen molar-refractivity contribution >= 4 is 86.4 Å². The lowest BCUT2D eigenvalue weighted by molar-refractivity contribution is -0.143. The van der Waals surface area contributed by atoms with Crippen molar-refractivity contribution in [1.29, 1.82) is 0 Å². The Balaban J connectivity index is 1.52. The molecule has 0 aliphatic carbocycles.